The second-order valence-corrected chi connectivity index (χ2v) is 7.06. The van der Waals surface area contributed by atoms with E-state index in [0.29, 0.717) is 17.4 Å². The highest BCUT2D eigenvalue weighted by Crippen LogP contribution is 2.29. The molecular weight excluding hydrogens is 403 g/mol. The third-order valence-electron chi connectivity index (χ3n) is 4.88. The normalized spacial score (nSPS) is 15.6. The number of ether oxygens (including phenoxy) is 1. The van der Waals surface area contributed by atoms with Crippen LogP contribution in [0.3, 0.4) is 0 Å². The predicted molar refractivity (Wildman–Crippen MR) is 104 cm³/mol. The number of aromatic nitrogens is 2. The van der Waals surface area contributed by atoms with E-state index < -0.39 is 17.3 Å². The van der Waals surface area contributed by atoms with Gasteiger partial charge in [-0.25, -0.2) is 4.98 Å². The molecule has 1 aromatic carbocycles. The van der Waals surface area contributed by atoms with Crippen molar-refractivity contribution < 1.29 is 22.7 Å². The molecule has 0 spiro atoms. The van der Waals surface area contributed by atoms with Crippen LogP contribution in [0.4, 0.5) is 24.8 Å². The summed E-state index contributed by atoms with van der Waals surface area (Å²) in [5, 5.41) is 5.70. The van der Waals surface area contributed by atoms with Gasteiger partial charge in [0.2, 0.25) is 5.95 Å². The molecule has 0 radical (unpaired) electrons. The maximum atomic E-state index is 12.7. The Labute approximate surface area is 170 Å². The Hall–Kier alpha value is -3.08. The average Bonchev–Trinajstić information content (AvgIpc) is 2.69. The first-order valence-electron chi connectivity index (χ1n) is 9.28. The van der Waals surface area contributed by atoms with Crippen molar-refractivity contribution in [3.8, 4) is 5.75 Å². The van der Waals surface area contributed by atoms with Gasteiger partial charge in [0.25, 0.3) is 11.5 Å². The number of hydrogen-bond donors (Lipinski definition) is 3. The van der Waals surface area contributed by atoms with Crippen LogP contribution in [0.1, 0.15) is 28.8 Å². The molecule has 1 aliphatic heterocycles. The van der Waals surface area contributed by atoms with Crippen molar-refractivity contribution in [1.29, 1.82) is 0 Å². The summed E-state index contributed by atoms with van der Waals surface area (Å²) in [6, 6.07) is 4.69. The van der Waals surface area contributed by atoms with Crippen LogP contribution in [-0.2, 0) is 6.18 Å². The highest BCUT2D eigenvalue weighted by molar-refractivity contribution is 5.95. The first kappa shape index (κ1) is 21.6. The molecule has 8 nitrogen and oxygen atoms in total. The van der Waals surface area contributed by atoms with E-state index in [9.17, 15) is 22.8 Å². The van der Waals surface area contributed by atoms with E-state index in [0.717, 1.165) is 25.9 Å². The van der Waals surface area contributed by atoms with Gasteiger partial charge in [-0.05, 0) is 51.2 Å². The number of halogens is 3. The van der Waals surface area contributed by atoms with Crippen LogP contribution in [0.15, 0.2) is 29.2 Å². The quantitative estimate of drug-likeness (QED) is 0.680. The highest BCUT2D eigenvalue weighted by Gasteiger charge is 2.34. The maximum Gasteiger partial charge on any atom is 0.423 e. The number of nitrogens with zero attached hydrogens (tertiary/aromatic N) is 2. The van der Waals surface area contributed by atoms with Crippen molar-refractivity contribution in [2.75, 3.05) is 32.6 Å². The van der Waals surface area contributed by atoms with E-state index in [1.165, 1.54) is 19.2 Å². The molecule has 1 fully saturated rings. The Bertz CT molecular complexity index is 969. The Morgan fingerprint density at radius 2 is 2.00 bits per heavy atom. The van der Waals surface area contributed by atoms with Gasteiger partial charge in [-0.2, -0.15) is 13.2 Å². The van der Waals surface area contributed by atoms with E-state index in [-0.39, 0.29) is 23.6 Å². The van der Waals surface area contributed by atoms with Gasteiger partial charge < -0.3 is 20.3 Å². The minimum atomic E-state index is -4.79. The Morgan fingerprint density at radius 3 is 2.60 bits per heavy atom. The van der Waals surface area contributed by atoms with Crippen LogP contribution in [0.5, 0.6) is 5.75 Å². The standard InChI is InChI=1S/C19H22F3N5O3/c1-27-7-5-12(6-8-27)24-16(28)11-3-4-14(15(9-11)30-2)25-18-23-10-13(17(29)26-18)19(20,21)22/h3-4,9-10,12H,5-8H2,1-2H3,(H,24,28)(H2,23,25,26,29). The number of alkyl halides is 3. The summed E-state index contributed by atoms with van der Waals surface area (Å²) in [5.74, 6) is -0.154. The van der Waals surface area contributed by atoms with Gasteiger partial charge in [-0.15, -0.1) is 0 Å². The minimum Gasteiger partial charge on any atom is -0.495 e. The lowest BCUT2D eigenvalue weighted by Gasteiger charge is -2.29. The van der Waals surface area contributed by atoms with Crippen LogP contribution in [0.25, 0.3) is 0 Å². The monoisotopic (exact) mass is 425 g/mol. The Balaban J connectivity index is 1.73. The fraction of sp³-hybridized carbons (Fsp3) is 0.421. The molecule has 162 valence electrons. The predicted octanol–water partition coefficient (Wildman–Crippen LogP) is 2.36. The summed E-state index contributed by atoms with van der Waals surface area (Å²) in [5.41, 5.74) is -1.99. The molecule has 0 aliphatic carbocycles. The second-order valence-electron chi connectivity index (χ2n) is 7.06. The molecule has 0 atom stereocenters. The number of H-pyrrole nitrogens is 1. The number of carbonyl (C=O) groups excluding carboxylic acids is 1. The summed E-state index contributed by atoms with van der Waals surface area (Å²) >= 11 is 0. The molecule has 0 unspecified atom stereocenters. The van der Waals surface area contributed by atoms with Gasteiger partial charge in [0.1, 0.15) is 11.3 Å². The number of rotatable bonds is 5. The Morgan fingerprint density at radius 1 is 1.30 bits per heavy atom. The number of carbonyl (C=O) groups is 1. The number of benzene rings is 1. The number of hydrogen-bond acceptors (Lipinski definition) is 6. The van der Waals surface area contributed by atoms with Crippen molar-refractivity contribution in [3.05, 3.63) is 45.9 Å². The smallest absolute Gasteiger partial charge is 0.423 e. The minimum absolute atomic E-state index is 0.0962. The molecule has 2 aromatic rings. The fourth-order valence-corrected chi connectivity index (χ4v) is 3.15. The summed E-state index contributed by atoms with van der Waals surface area (Å²) < 4.78 is 43.3. The topological polar surface area (TPSA) is 99.3 Å². The summed E-state index contributed by atoms with van der Waals surface area (Å²) in [7, 11) is 3.43. The van der Waals surface area contributed by atoms with Gasteiger partial charge >= 0.3 is 6.18 Å². The van der Waals surface area contributed by atoms with E-state index >= 15 is 0 Å². The molecule has 1 aromatic heterocycles. The number of amides is 1. The van der Waals surface area contributed by atoms with Crippen LogP contribution in [0.2, 0.25) is 0 Å². The largest absolute Gasteiger partial charge is 0.495 e. The van der Waals surface area contributed by atoms with Gasteiger partial charge in [-0.1, -0.05) is 0 Å². The lowest BCUT2D eigenvalue weighted by atomic mass is 10.0. The number of nitrogens with one attached hydrogen (secondary N) is 3. The summed E-state index contributed by atoms with van der Waals surface area (Å²) in [4.78, 5) is 32.0. The molecule has 1 amide bonds. The van der Waals surface area contributed by atoms with Gasteiger partial charge in [-0.3, -0.25) is 14.6 Å². The number of piperidine rings is 1. The third-order valence-corrected chi connectivity index (χ3v) is 4.88. The van der Waals surface area contributed by atoms with Gasteiger partial charge in [0, 0.05) is 17.8 Å². The third kappa shape index (κ3) is 5.09. The lowest BCUT2D eigenvalue weighted by molar-refractivity contribution is -0.138. The number of methoxy groups -OCH3 is 1. The fourth-order valence-electron chi connectivity index (χ4n) is 3.15. The molecule has 1 saturated heterocycles. The van der Waals surface area contributed by atoms with E-state index in [1.54, 1.807) is 6.07 Å². The molecule has 0 bridgehead atoms. The second kappa shape index (κ2) is 8.74. The molecule has 30 heavy (non-hydrogen) atoms. The molecule has 0 saturated carbocycles. The van der Waals surface area contributed by atoms with Crippen molar-refractivity contribution in [3.63, 3.8) is 0 Å². The van der Waals surface area contributed by atoms with Gasteiger partial charge in [0.05, 0.1) is 12.8 Å². The van der Waals surface area contributed by atoms with Crippen LogP contribution < -0.4 is 20.9 Å². The summed E-state index contributed by atoms with van der Waals surface area (Å²) in [6.45, 7) is 1.82. The molecule has 11 heteroatoms. The van der Waals surface area contributed by atoms with Crippen molar-refractivity contribution in [2.45, 2.75) is 25.1 Å². The maximum absolute atomic E-state index is 12.7. The first-order valence-corrected chi connectivity index (χ1v) is 9.28. The SMILES string of the molecule is COc1cc(C(=O)NC2CCN(C)CC2)ccc1Nc1ncc(C(F)(F)F)c(=O)[nH]1. The van der Waals surface area contributed by atoms with E-state index in [4.69, 9.17) is 4.74 Å². The number of anilines is 2. The molecule has 3 N–H and O–H groups in total. The zero-order valence-electron chi connectivity index (χ0n) is 16.5. The zero-order chi connectivity index (χ0) is 21.9. The van der Waals surface area contributed by atoms with Gasteiger partial charge in [0.15, 0.2) is 0 Å². The lowest BCUT2D eigenvalue weighted by Crippen LogP contribution is -2.43. The molecule has 3 rings (SSSR count). The Kier molecular flexibility index (Phi) is 6.30. The first-order chi connectivity index (χ1) is 14.2. The average molecular weight is 425 g/mol. The van der Waals surface area contributed by atoms with Crippen molar-refractivity contribution in [1.82, 2.24) is 20.2 Å². The number of likely N-dealkylation sites (tertiary alicyclic amines) is 1. The summed E-state index contributed by atoms with van der Waals surface area (Å²) in [6.07, 6.45) is -2.60. The van der Waals surface area contributed by atoms with Crippen LogP contribution >= 0.6 is 0 Å². The highest BCUT2D eigenvalue weighted by atomic mass is 19.4. The van der Waals surface area contributed by atoms with Crippen LogP contribution in [0, 0.1) is 0 Å². The molecule has 2 heterocycles. The van der Waals surface area contributed by atoms with Crippen molar-refractivity contribution >= 4 is 17.5 Å². The van der Waals surface area contributed by atoms with Crippen molar-refractivity contribution in [2.24, 2.45) is 0 Å². The zero-order valence-corrected chi connectivity index (χ0v) is 16.5. The molecular formula is C19H22F3N5O3. The van der Waals surface area contributed by atoms with E-state index in [1.807, 2.05) is 12.0 Å². The van der Waals surface area contributed by atoms with Crippen LogP contribution in [-0.4, -0.2) is 54.1 Å². The number of aromatic amines is 1. The molecule has 1 aliphatic rings. The van der Waals surface area contributed by atoms with E-state index in [2.05, 4.69) is 20.5 Å².